The van der Waals surface area contributed by atoms with E-state index in [1.807, 2.05) is 36.4 Å². The van der Waals surface area contributed by atoms with Gasteiger partial charge in [-0.3, -0.25) is 14.4 Å². The molecule has 5 rings (SSSR count). The van der Waals surface area contributed by atoms with E-state index < -0.39 is 12.1 Å². The van der Waals surface area contributed by atoms with Crippen LogP contribution in [0.4, 0.5) is 5.69 Å². The number of rotatable bonds is 11. The van der Waals surface area contributed by atoms with E-state index in [9.17, 15) is 14.4 Å². The molecular weight excluding hydrogens is 598 g/mol. The van der Waals surface area contributed by atoms with Gasteiger partial charge in [0.25, 0.3) is 0 Å². The van der Waals surface area contributed by atoms with Crippen molar-refractivity contribution in [1.29, 1.82) is 0 Å². The summed E-state index contributed by atoms with van der Waals surface area (Å²) >= 11 is 0. The second-order valence-electron chi connectivity index (χ2n) is 12.0. The first kappa shape index (κ1) is 33.3. The molecule has 0 unspecified atom stereocenters. The Bertz CT molecular complexity index is 1820. The number of fused-ring (bicyclic) bond motifs is 4. The molecule has 4 N–H and O–H groups in total. The minimum Gasteiger partial charge on any atom is -0.493 e. The molecule has 248 valence electrons. The summed E-state index contributed by atoms with van der Waals surface area (Å²) in [5.74, 6) is 1.71. The number of hydrogen-bond acceptors (Lipinski definition) is 8. The van der Waals surface area contributed by atoms with Crippen molar-refractivity contribution in [2.24, 2.45) is 5.92 Å². The molecule has 11 heteroatoms. The van der Waals surface area contributed by atoms with Gasteiger partial charge < -0.3 is 35.1 Å². The number of carbonyl (C=O) groups excluding carboxylic acids is 2. The van der Waals surface area contributed by atoms with Crippen LogP contribution in [-0.4, -0.2) is 49.2 Å². The molecule has 1 aromatic heterocycles. The number of hydrogen-bond donors (Lipinski definition) is 4. The highest BCUT2D eigenvalue weighted by atomic mass is 16.5. The van der Waals surface area contributed by atoms with Gasteiger partial charge in [-0.1, -0.05) is 38.5 Å². The van der Waals surface area contributed by atoms with E-state index in [0.29, 0.717) is 47.0 Å². The fraction of sp³-hybridized carbons (Fsp3) is 0.389. The van der Waals surface area contributed by atoms with Crippen LogP contribution in [0.25, 0.3) is 22.2 Å². The fourth-order valence-electron chi connectivity index (χ4n) is 6.24. The lowest BCUT2D eigenvalue weighted by molar-refractivity contribution is -0.122. The van der Waals surface area contributed by atoms with Gasteiger partial charge in [-0.25, -0.2) is 4.98 Å². The first-order chi connectivity index (χ1) is 22.6. The van der Waals surface area contributed by atoms with Crippen molar-refractivity contribution in [1.82, 2.24) is 20.6 Å². The van der Waals surface area contributed by atoms with Crippen LogP contribution in [0.15, 0.2) is 53.3 Å². The van der Waals surface area contributed by atoms with Crippen molar-refractivity contribution < 1.29 is 23.8 Å². The molecule has 3 aromatic carbocycles. The van der Waals surface area contributed by atoms with Gasteiger partial charge in [-0.2, -0.15) is 0 Å². The Morgan fingerprint density at radius 2 is 1.77 bits per heavy atom. The summed E-state index contributed by atoms with van der Waals surface area (Å²) in [6, 6.07) is 13.1. The van der Waals surface area contributed by atoms with E-state index >= 15 is 0 Å². The molecule has 0 bridgehead atoms. The molecule has 1 aliphatic rings. The van der Waals surface area contributed by atoms with Gasteiger partial charge in [0, 0.05) is 12.5 Å². The Kier molecular flexibility index (Phi) is 10.0. The summed E-state index contributed by atoms with van der Waals surface area (Å²) < 4.78 is 17.2. The van der Waals surface area contributed by atoms with Crippen LogP contribution in [0.3, 0.4) is 0 Å². The molecule has 0 saturated carbocycles. The molecule has 2 amide bonds. The maximum absolute atomic E-state index is 13.8. The Morgan fingerprint density at radius 3 is 2.43 bits per heavy atom. The smallest absolute Gasteiger partial charge is 0.242 e. The number of benzene rings is 2. The number of methoxy groups -OCH3 is 3. The highest BCUT2D eigenvalue weighted by Crippen LogP contribution is 2.50. The van der Waals surface area contributed by atoms with Crippen LogP contribution in [-0.2, 0) is 16.0 Å². The Hall–Kier alpha value is -5.06. The monoisotopic (exact) mass is 641 g/mol. The predicted molar refractivity (Wildman–Crippen MR) is 182 cm³/mol. The molecule has 0 saturated heterocycles. The summed E-state index contributed by atoms with van der Waals surface area (Å²) in [7, 11) is 4.66. The molecule has 4 aromatic rings. The standard InChI is InChI=1S/C36H43N5O6/c1-8-19(2)32(35-39-26-11-9-10-12-27(26)40-35)41-36(44)20(3)37-28-16-14-23-24(18-29(28)43)25(38-21(4)42)15-13-22-17-30(45-5)33(46-6)34(47-7)31(22)23/h9-12,14,16-20,25,32H,8,13,15H2,1-7H3,(H,37,43)(H,38,42)(H,39,40)(H,41,44)/t19-,20-,25-,32-/m0/s1. The number of aromatic amines is 1. The Labute approximate surface area is 274 Å². The Morgan fingerprint density at radius 1 is 1.02 bits per heavy atom. The minimum atomic E-state index is -0.752. The van der Waals surface area contributed by atoms with E-state index in [1.54, 1.807) is 34.3 Å². The normalized spacial score (nSPS) is 15.7. The van der Waals surface area contributed by atoms with Gasteiger partial charge in [0.05, 0.1) is 50.1 Å². The van der Waals surface area contributed by atoms with Crippen LogP contribution >= 0.6 is 0 Å². The average Bonchev–Trinajstić information content (AvgIpc) is 3.37. The lowest BCUT2D eigenvalue weighted by Gasteiger charge is -2.24. The first-order valence-corrected chi connectivity index (χ1v) is 15.9. The zero-order valence-corrected chi connectivity index (χ0v) is 27.9. The van der Waals surface area contributed by atoms with Crippen molar-refractivity contribution in [3.63, 3.8) is 0 Å². The molecular formula is C36H43N5O6. The average molecular weight is 642 g/mol. The number of imidazole rings is 1. The lowest BCUT2D eigenvalue weighted by atomic mass is 9.95. The van der Waals surface area contributed by atoms with E-state index in [-0.39, 0.29) is 34.9 Å². The maximum atomic E-state index is 13.8. The van der Waals surface area contributed by atoms with Crippen molar-refractivity contribution in [3.8, 4) is 28.4 Å². The zero-order valence-electron chi connectivity index (χ0n) is 27.9. The fourth-order valence-corrected chi connectivity index (χ4v) is 6.24. The summed E-state index contributed by atoms with van der Waals surface area (Å²) in [5, 5.41) is 9.30. The molecule has 1 aliphatic carbocycles. The molecule has 47 heavy (non-hydrogen) atoms. The zero-order chi connectivity index (χ0) is 33.8. The molecule has 11 nitrogen and oxygen atoms in total. The molecule has 0 aliphatic heterocycles. The predicted octanol–water partition coefficient (Wildman–Crippen LogP) is 5.44. The quantitative estimate of drug-likeness (QED) is 0.170. The highest BCUT2D eigenvalue weighted by molar-refractivity contribution is 5.86. The second kappa shape index (κ2) is 14.1. The van der Waals surface area contributed by atoms with Gasteiger partial charge in [0.1, 0.15) is 11.9 Å². The molecule has 0 fully saturated rings. The van der Waals surface area contributed by atoms with Crippen LogP contribution in [0.5, 0.6) is 17.2 Å². The SMILES string of the molecule is CC[C@H](C)[C@H](NC(=O)[C@H](C)Nc1ccc2c(cc1=O)[C@@H](NC(C)=O)CCc1cc(OC)c(OC)c(OC)c1-2)c1nc2ccccc2[nH]1. The molecule has 4 atom stereocenters. The number of nitrogens with one attached hydrogen (secondary N) is 4. The molecule has 0 radical (unpaired) electrons. The van der Waals surface area contributed by atoms with E-state index in [2.05, 4.69) is 34.8 Å². The van der Waals surface area contributed by atoms with E-state index in [4.69, 9.17) is 19.2 Å². The van der Waals surface area contributed by atoms with Crippen molar-refractivity contribution >= 4 is 28.5 Å². The number of H-pyrrole nitrogens is 1. The number of aromatic nitrogens is 2. The van der Waals surface area contributed by atoms with Crippen molar-refractivity contribution in [2.75, 3.05) is 26.6 Å². The first-order valence-electron chi connectivity index (χ1n) is 15.9. The molecule has 0 spiro atoms. The number of ether oxygens (including phenoxy) is 3. The van der Waals surface area contributed by atoms with E-state index in [0.717, 1.165) is 28.6 Å². The van der Waals surface area contributed by atoms with Crippen LogP contribution < -0.4 is 35.6 Å². The molecule has 1 heterocycles. The van der Waals surface area contributed by atoms with Gasteiger partial charge >= 0.3 is 0 Å². The number of anilines is 1. The van der Waals surface area contributed by atoms with Crippen molar-refractivity contribution in [2.45, 2.75) is 65.1 Å². The summed E-state index contributed by atoms with van der Waals surface area (Å²) in [6.07, 6.45) is 1.96. The van der Waals surface area contributed by atoms with Gasteiger partial charge in [-0.15, -0.1) is 0 Å². The highest BCUT2D eigenvalue weighted by Gasteiger charge is 2.30. The van der Waals surface area contributed by atoms with E-state index in [1.165, 1.54) is 13.0 Å². The third kappa shape index (κ3) is 6.74. The topological polar surface area (TPSA) is 144 Å². The third-order valence-corrected chi connectivity index (χ3v) is 8.89. The number of aryl methyl sites for hydroxylation is 1. The van der Waals surface area contributed by atoms with Crippen LogP contribution in [0, 0.1) is 5.92 Å². The van der Waals surface area contributed by atoms with Gasteiger partial charge in [0.15, 0.2) is 11.5 Å². The Balaban J connectivity index is 1.52. The largest absolute Gasteiger partial charge is 0.493 e. The lowest BCUT2D eigenvalue weighted by Crippen LogP contribution is -2.42. The summed E-state index contributed by atoms with van der Waals surface area (Å²) in [5.41, 5.74) is 4.68. The third-order valence-electron chi connectivity index (χ3n) is 8.89. The van der Waals surface area contributed by atoms with Gasteiger partial charge in [-0.05, 0) is 72.7 Å². The maximum Gasteiger partial charge on any atom is 0.242 e. The number of nitrogens with zero attached hydrogens (tertiary/aromatic N) is 1. The van der Waals surface area contributed by atoms with Crippen molar-refractivity contribution in [3.05, 3.63) is 75.7 Å². The minimum absolute atomic E-state index is 0.100. The van der Waals surface area contributed by atoms with Crippen LogP contribution in [0.1, 0.15) is 69.6 Å². The number of carbonyl (C=O) groups is 2. The summed E-state index contributed by atoms with van der Waals surface area (Å²) in [4.78, 5) is 47.7. The van der Waals surface area contributed by atoms with Gasteiger partial charge in [0.2, 0.25) is 23.0 Å². The number of para-hydroxylation sites is 2. The second-order valence-corrected chi connectivity index (χ2v) is 12.0. The number of amides is 2. The van der Waals surface area contributed by atoms with Crippen LogP contribution in [0.2, 0.25) is 0 Å². The summed E-state index contributed by atoms with van der Waals surface area (Å²) in [6.45, 7) is 7.31.